The number of para-hydroxylation sites is 1. The van der Waals surface area contributed by atoms with E-state index >= 15 is 0 Å². The van der Waals surface area contributed by atoms with Gasteiger partial charge in [-0.2, -0.15) is 0 Å². The second-order valence-corrected chi connectivity index (χ2v) is 10.4. The summed E-state index contributed by atoms with van der Waals surface area (Å²) in [5.41, 5.74) is -0.652. The summed E-state index contributed by atoms with van der Waals surface area (Å²) in [6, 6.07) is 6.75. The van der Waals surface area contributed by atoms with E-state index in [4.69, 9.17) is 15.6 Å². The van der Waals surface area contributed by atoms with Crippen LogP contribution in [0.25, 0.3) is 0 Å². The molecule has 1 aromatic rings. The summed E-state index contributed by atoms with van der Waals surface area (Å²) >= 11 is -3.09. The minimum atomic E-state index is -3.09. The second-order valence-electron chi connectivity index (χ2n) is 7.10. The van der Waals surface area contributed by atoms with Gasteiger partial charge in [-0.05, 0) is 0 Å². The molecule has 0 radical (unpaired) electrons. The van der Waals surface area contributed by atoms with Crippen molar-refractivity contribution in [2.24, 2.45) is 5.92 Å². The fraction of sp³-hybridized carbons (Fsp3) is 0.526. The molecular formula is C19H27IO7. The molecule has 0 saturated carbocycles. The number of halogens is 1. The van der Waals surface area contributed by atoms with E-state index < -0.39 is 50.3 Å². The Morgan fingerprint density at radius 1 is 0.963 bits per heavy atom. The van der Waals surface area contributed by atoms with Crippen LogP contribution >= 0.6 is 20.6 Å². The van der Waals surface area contributed by atoms with E-state index in [-0.39, 0.29) is 5.92 Å². The molecular weight excluding hydrogens is 467 g/mol. The SMILES string of the molecule is CC(=O)OI(OC(C)=O)c1ccccc1O[C@@H](C(=O)OC(C)(C)C)C(C)C. The molecule has 0 aliphatic carbocycles. The van der Waals surface area contributed by atoms with Gasteiger partial charge in [-0.1, -0.05) is 0 Å². The summed E-state index contributed by atoms with van der Waals surface area (Å²) in [4.78, 5) is 35.4. The first kappa shape index (κ1) is 23.2. The van der Waals surface area contributed by atoms with Gasteiger partial charge in [-0.25, -0.2) is 0 Å². The van der Waals surface area contributed by atoms with E-state index in [0.717, 1.165) is 0 Å². The van der Waals surface area contributed by atoms with Gasteiger partial charge >= 0.3 is 168 Å². The summed E-state index contributed by atoms with van der Waals surface area (Å²) in [6.45, 7) is 11.5. The molecule has 0 aromatic heterocycles. The second kappa shape index (κ2) is 9.91. The standard InChI is InChI=1S/C19H27IO7/c1-12(2)17(18(23)25-19(5,6)7)24-16-11-9-8-10-15(16)20(26-13(3)21)27-14(4)22/h8-12,17H,1-7H3/t17-/m1/s1. The van der Waals surface area contributed by atoms with Gasteiger partial charge in [-0.15, -0.1) is 0 Å². The van der Waals surface area contributed by atoms with E-state index in [1.54, 1.807) is 45.0 Å². The van der Waals surface area contributed by atoms with Crippen molar-refractivity contribution in [1.82, 2.24) is 0 Å². The van der Waals surface area contributed by atoms with Gasteiger partial charge in [0.25, 0.3) is 0 Å². The van der Waals surface area contributed by atoms with Crippen molar-refractivity contribution in [2.45, 2.75) is 60.2 Å². The van der Waals surface area contributed by atoms with Crippen LogP contribution in [0.3, 0.4) is 0 Å². The number of rotatable bonds is 7. The summed E-state index contributed by atoms with van der Waals surface area (Å²) in [5, 5.41) is 0. The van der Waals surface area contributed by atoms with E-state index in [1.165, 1.54) is 13.8 Å². The monoisotopic (exact) mass is 494 g/mol. The van der Waals surface area contributed by atoms with Crippen molar-refractivity contribution < 1.29 is 30.0 Å². The van der Waals surface area contributed by atoms with Crippen LogP contribution in [-0.2, 0) is 25.3 Å². The van der Waals surface area contributed by atoms with Crippen LogP contribution in [0.1, 0.15) is 48.5 Å². The Hall–Kier alpha value is -1.84. The van der Waals surface area contributed by atoms with Crippen molar-refractivity contribution in [2.75, 3.05) is 0 Å². The van der Waals surface area contributed by atoms with Gasteiger partial charge < -0.3 is 0 Å². The summed E-state index contributed by atoms with van der Waals surface area (Å²) < 4.78 is 22.4. The zero-order chi connectivity index (χ0) is 20.8. The molecule has 8 heteroatoms. The molecule has 0 aliphatic rings. The van der Waals surface area contributed by atoms with Crippen LogP contribution in [0.5, 0.6) is 5.75 Å². The molecule has 152 valence electrons. The molecule has 27 heavy (non-hydrogen) atoms. The van der Waals surface area contributed by atoms with E-state index in [0.29, 0.717) is 9.32 Å². The third-order valence-electron chi connectivity index (χ3n) is 2.86. The molecule has 0 spiro atoms. The fourth-order valence-electron chi connectivity index (χ4n) is 1.92. The quantitative estimate of drug-likeness (QED) is 0.417. The van der Waals surface area contributed by atoms with Crippen LogP contribution in [0.2, 0.25) is 0 Å². The Labute approximate surface area is 168 Å². The third kappa shape index (κ3) is 8.15. The predicted molar refractivity (Wildman–Crippen MR) is 108 cm³/mol. The molecule has 0 amide bonds. The molecule has 7 nitrogen and oxygen atoms in total. The number of carbonyl (C=O) groups is 3. The van der Waals surface area contributed by atoms with Crippen molar-refractivity contribution in [1.29, 1.82) is 0 Å². The number of esters is 1. The Morgan fingerprint density at radius 3 is 1.93 bits per heavy atom. The molecule has 1 aromatic carbocycles. The maximum atomic E-state index is 12.5. The Kier molecular flexibility index (Phi) is 8.52. The molecule has 0 saturated heterocycles. The normalized spacial score (nSPS) is 12.8. The van der Waals surface area contributed by atoms with Crippen molar-refractivity contribution in [3.05, 3.63) is 27.8 Å². The zero-order valence-electron chi connectivity index (χ0n) is 16.7. The first-order chi connectivity index (χ1) is 12.4. The van der Waals surface area contributed by atoms with Crippen LogP contribution in [-0.4, -0.2) is 29.6 Å². The minimum absolute atomic E-state index is 0.169. The van der Waals surface area contributed by atoms with Crippen molar-refractivity contribution >= 4 is 38.6 Å². The van der Waals surface area contributed by atoms with Gasteiger partial charge in [0.1, 0.15) is 0 Å². The topological polar surface area (TPSA) is 88.1 Å². The molecule has 1 atom stereocenters. The Bertz CT molecular complexity index is 663. The molecule has 0 aliphatic heterocycles. The van der Waals surface area contributed by atoms with Gasteiger partial charge in [0.05, 0.1) is 0 Å². The number of ether oxygens (including phenoxy) is 2. The molecule has 0 bridgehead atoms. The number of carbonyl (C=O) groups excluding carboxylic acids is 3. The fourth-order valence-corrected chi connectivity index (χ4v) is 4.85. The number of benzene rings is 1. The molecule has 0 fully saturated rings. The van der Waals surface area contributed by atoms with Gasteiger partial charge in [0.2, 0.25) is 0 Å². The van der Waals surface area contributed by atoms with Crippen LogP contribution < -0.4 is 4.74 Å². The van der Waals surface area contributed by atoms with Crippen LogP contribution in [0, 0.1) is 9.49 Å². The first-order valence-electron chi connectivity index (χ1n) is 8.47. The average Bonchev–Trinajstić information content (AvgIpc) is 2.49. The summed E-state index contributed by atoms with van der Waals surface area (Å²) in [7, 11) is 0. The Balaban J connectivity index is 3.19. The molecule has 1 rings (SSSR count). The molecule has 0 unspecified atom stereocenters. The van der Waals surface area contributed by atoms with E-state index in [9.17, 15) is 14.4 Å². The maximum absolute atomic E-state index is 12.5. The number of hydrogen-bond donors (Lipinski definition) is 0. The summed E-state index contributed by atoms with van der Waals surface area (Å²) in [5.74, 6) is -1.44. The van der Waals surface area contributed by atoms with Crippen LogP contribution in [0.15, 0.2) is 24.3 Å². The third-order valence-corrected chi connectivity index (χ3v) is 6.74. The van der Waals surface area contributed by atoms with Crippen LogP contribution in [0.4, 0.5) is 0 Å². The average molecular weight is 494 g/mol. The predicted octanol–water partition coefficient (Wildman–Crippen LogP) is 4.06. The number of hydrogen-bond acceptors (Lipinski definition) is 7. The van der Waals surface area contributed by atoms with Crippen molar-refractivity contribution in [3.63, 3.8) is 0 Å². The Morgan fingerprint density at radius 2 is 1.48 bits per heavy atom. The van der Waals surface area contributed by atoms with Gasteiger partial charge in [-0.3, -0.25) is 0 Å². The van der Waals surface area contributed by atoms with E-state index in [1.807, 2.05) is 13.8 Å². The first-order valence-corrected chi connectivity index (χ1v) is 11.3. The van der Waals surface area contributed by atoms with Gasteiger partial charge in [0.15, 0.2) is 0 Å². The van der Waals surface area contributed by atoms with Crippen molar-refractivity contribution in [3.8, 4) is 5.75 Å². The zero-order valence-corrected chi connectivity index (χ0v) is 18.9. The molecule has 0 N–H and O–H groups in total. The molecule has 0 heterocycles. The van der Waals surface area contributed by atoms with E-state index in [2.05, 4.69) is 0 Å². The summed E-state index contributed by atoms with van der Waals surface area (Å²) in [6.07, 6.45) is -0.863. The van der Waals surface area contributed by atoms with Gasteiger partial charge in [0, 0.05) is 0 Å².